The lowest BCUT2D eigenvalue weighted by Crippen LogP contribution is -1.83. The Kier molecular flexibility index (Phi) is 2.70. The van der Waals surface area contributed by atoms with Gasteiger partial charge in [0.15, 0.2) is 0 Å². The molecule has 2 nitrogen and oxygen atoms in total. The van der Waals surface area contributed by atoms with E-state index in [0.29, 0.717) is 10.0 Å². The predicted octanol–water partition coefficient (Wildman–Crippen LogP) is 2.85. The van der Waals surface area contributed by atoms with Gasteiger partial charge in [-0.2, -0.15) is 4.91 Å². The van der Waals surface area contributed by atoms with E-state index in [9.17, 15) is 9.30 Å². The number of benzene rings is 1. The van der Waals surface area contributed by atoms with Crippen LogP contribution in [0.5, 0.6) is 0 Å². The summed E-state index contributed by atoms with van der Waals surface area (Å²) in [5.74, 6) is -0.369. The van der Waals surface area contributed by atoms with Gasteiger partial charge < -0.3 is 0 Å². The molecule has 1 aromatic rings. The van der Waals surface area contributed by atoms with E-state index >= 15 is 0 Å². The highest BCUT2D eigenvalue weighted by Gasteiger charge is 1.99. The van der Waals surface area contributed by atoms with Crippen LogP contribution in [0.4, 0.5) is 4.39 Å². The Morgan fingerprint density at radius 2 is 2.27 bits per heavy atom. The molecule has 0 atom stereocenters. The van der Waals surface area contributed by atoms with Crippen LogP contribution in [0.2, 0.25) is 0 Å². The Hall–Kier alpha value is -0.770. The molecular weight excluding hydrogens is 213 g/mol. The quantitative estimate of drug-likeness (QED) is 0.701. The molecule has 0 heterocycles. The molecule has 0 aliphatic heterocycles. The van der Waals surface area contributed by atoms with Gasteiger partial charge in [0, 0.05) is 0 Å². The van der Waals surface area contributed by atoms with E-state index in [1.54, 1.807) is 12.1 Å². The van der Waals surface area contributed by atoms with Crippen LogP contribution in [0, 0.1) is 10.7 Å². The summed E-state index contributed by atoms with van der Waals surface area (Å²) in [6, 6.07) is 4.48. The van der Waals surface area contributed by atoms with Crippen molar-refractivity contribution in [2.75, 3.05) is 0 Å². The molecule has 0 N–H and O–H groups in total. The fraction of sp³-hybridized carbons (Fsp3) is 0.143. The highest BCUT2D eigenvalue weighted by molar-refractivity contribution is 9.10. The highest BCUT2D eigenvalue weighted by atomic mass is 79.9. The maximum Gasteiger partial charge on any atom is 0.137 e. The Morgan fingerprint density at radius 3 is 2.82 bits per heavy atom. The van der Waals surface area contributed by atoms with Gasteiger partial charge in [0.1, 0.15) is 12.4 Å². The number of hydrogen-bond acceptors (Lipinski definition) is 2. The number of rotatable bonds is 2. The maximum absolute atomic E-state index is 12.7. The van der Waals surface area contributed by atoms with Gasteiger partial charge in [-0.15, -0.1) is 0 Å². The Morgan fingerprint density at radius 1 is 1.55 bits per heavy atom. The summed E-state index contributed by atoms with van der Waals surface area (Å²) < 4.78 is 13.1. The van der Waals surface area contributed by atoms with Crippen molar-refractivity contribution in [3.63, 3.8) is 0 Å². The molecule has 0 aliphatic carbocycles. The van der Waals surface area contributed by atoms with Crippen LogP contribution in [0.15, 0.2) is 27.8 Å². The Balaban J connectivity index is 2.95. The minimum absolute atomic E-state index is 0.0181. The molecule has 58 valence electrons. The van der Waals surface area contributed by atoms with Crippen LogP contribution in [-0.2, 0) is 6.54 Å². The summed E-state index contributed by atoms with van der Waals surface area (Å²) in [6.45, 7) is 0.0181. The van der Waals surface area contributed by atoms with Crippen LogP contribution >= 0.6 is 15.9 Å². The maximum atomic E-state index is 12.7. The molecule has 0 saturated carbocycles. The second kappa shape index (κ2) is 3.57. The largest absolute Gasteiger partial charge is 0.206 e. The SMILES string of the molecule is O=NCc1ccc(Br)c(F)c1. The van der Waals surface area contributed by atoms with Gasteiger partial charge in [-0.3, -0.25) is 0 Å². The summed E-state index contributed by atoms with van der Waals surface area (Å²) in [5, 5.41) is 2.64. The number of hydrogen-bond donors (Lipinski definition) is 0. The average molecular weight is 218 g/mol. The van der Waals surface area contributed by atoms with E-state index in [-0.39, 0.29) is 12.4 Å². The fourth-order valence-corrected chi connectivity index (χ4v) is 0.959. The van der Waals surface area contributed by atoms with Crippen molar-refractivity contribution in [1.29, 1.82) is 0 Å². The highest BCUT2D eigenvalue weighted by Crippen LogP contribution is 2.16. The molecule has 0 aliphatic rings. The standard InChI is InChI=1S/C7H5BrFNO/c8-6-2-1-5(4-10-11)3-7(6)9/h1-3H,4H2. The number of halogens is 2. The van der Waals surface area contributed by atoms with Gasteiger partial charge in [-0.1, -0.05) is 11.2 Å². The lowest BCUT2D eigenvalue weighted by Gasteiger charge is -1.95. The van der Waals surface area contributed by atoms with Crippen LogP contribution < -0.4 is 0 Å². The summed E-state index contributed by atoms with van der Waals surface area (Å²) in [6.07, 6.45) is 0. The van der Waals surface area contributed by atoms with Gasteiger partial charge >= 0.3 is 0 Å². The normalized spacial score (nSPS) is 9.64. The number of nitrogens with zero attached hydrogens (tertiary/aromatic N) is 1. The molecule has 0 amide bonds. The molecular formula is C7H5BrFNO. The zero-order valence-corrected chi connectivity index (χ0v) is 7.14. The van der Waals surface area contributed by atoms with Gasteiger partial charge in [0.05, 0.1) is 4.47 Å². The molecule has 0 saturated heterocycles. The Bertz CT molecular complexity index is 277. The zero-order valence-electron chi connectivity index (χ0n) is 5.55. The molecule has 1 aromatic carbocycles. The van der Waals surface area contributed by atoms with E-state index in [2.05, 4.69) is 21.1 Å². The van der Waals surface area contributed by atoms with Crippen molar-refractivity contribution in [2.45, 2.75) is 6.54 Å². The molecule has 0 fully saturated rings. The van der Waals surface area contributed by atoms with Crippen molar-refractivity contribution in [3.05, 3.63) is 39.0 Å². The first-order valence-corrected chi connectivity index (χ1v) is 3.76. The van der Waals surface area contributed by atoms with Crippen molar-refractivity contribution < 1.29 is 4.39 Å². The minimum Gasteiger partial charge on any atom is -0.206 e. The van der Waals surface area contributed by atoms with E-state index < -0.39 is 0 Å². The van der Waals surface area contributed by atoms with Crippen molar-refractivity contribution in [3.8, 4) is 0 Å². The second-order valence-corrected chi connectivity index (χ2v) is 2.89. The Labute approximate surface area is 71.5 Å². The molecule has 1 rings (SSSR count). The van der Waals surface area contributed by atoms with Gasteiger partial charge in [0.25, 0.3) is 0 Å². The van der Waals surface area contributed by atoms with E-state index in [4.69, 9.17) is 0 Å². The van der Waals surface area contributed by atoms with Gasteiger partial charge in [0.2, 0.25) is 0 Å². The van der Waals surface area contributed by atoms with Crippen LogP contribution in [-0.4, -0.2) is 0 Å². The molecule has 0 radical (unpaired) electrons. The zero-order chi connectivity index (χ0) is 8.27. The van der Waals surface area contributed by atoms with Crippen molar-refractivity contribution >= 4 is 15.9 Å². The second-order valence-electron chi connectivity index (χ2n) is 2.04. The van der Waals surface area contributed by atoms with Crippen LogP contribution in [0.25, 0.3) is 0 Å². The molecule has 0 aromatic heterocycles. The van der Waals surface area contributed by atoms with Crippen molar-refractivity contribution in [2.24, 2.45) is 5.18 Å². The smallest absolute Gasteiger partial charge is 0.137 e. The molecule has 4 heteroatoms. The van der Waals surface area contributed by atoms with E-state index in [1.165, 1.54) is 6.07 Å². The van der Waals surface area contributed by atoms with Crippen LogP contribution in [0.1, 0.15) is 5.56 Å². The summed E-state index contributed by atoms with van der Waals surface area (Å²) in [4.78, 5) is 9.79. The monoisotopic (exact) mass is 217 g/mol. The lowest BCUT2D eigenvalue weighted by molar-refractivity contribution is 0.619. The van der Waals surface area contributed by atoms with Gasteiger partial charge in [-0.25, -0.2) is 4.39 Å². The predicted molar refractivity (Wildman–Crippen MR) is 43.6 cm³/mol. The molecule has 11 heavy (non-hydrogen) atoms. The summed E-state index contributed by atoms with van der Waals surface area (Å²) in [7, 11) is 0. The lowest BCUT2D eigenvalue weighted by atomic mass is 10.2. The van der Waals surface area contributed by atoms with Crippen LogP contribution in [0.3, 0.4) is 0 Å². The van der Waals surface area contributed by atoms with E-state index in [1.807, 2.05) is 0 Å². The van der Waals surface area contributed by atoms with Crippen molar-refractivity contribution in [1.82, 2.24) is 0 Å². The van der Waals surface area contributed by atoms with Gasteiger partial charge in [-0.05, 0) is 33.6 Å². The third kappa shape index (κ3) is 2.08. The average Bonchev–Trinajstić information content (AvgIpc) is 1.98. The minimum atomic E-state index is -0.369. The molecule has 0 spiro atoms. The number of nitroso groups, excluding NO2 is 1. The first-order chi connectivity index (χ1) is 5.24. The topological polar surface area (TPSA) is 29.4 Å². The third-order valence-electron chi connectivity index (χ3n) is 1.23. The summed E-state index contributed by atoms with van der Waals surface area (Å²) >= 11 is 3.00. The first-order valence-electron chi connectivity index (χ1n) is 2.97. The molecule has 0 bridgehead atoms. The third-order valence-corrected chi connectivity index (χ3v) is 1.87. The fourth-order valence-electron chi connectivity index (χ4n) is 0.713. The molecule has 0 unspecified atom stereocenters. The summed E-state index contributed by atoms with van der Waals surface area (Å²) in [5.41, 5.74) is 0.584. The first kappa shape index (κ1) is 8.33. The van der Waals surface area contributed by atoms with E-state index in [0.717, 1.165) is 0 Å².